The third-order valence-corrected chi connectivity index (χ3v) is 5.51. The number of carbonyl (C=O) groups is 2. The van der Waals surface area contributed by atoms with E-state index in [1.54, 1.807) is 0 Å². The van der Waals surface area contributed by atoms with Gasteiger partial charge in [-0.3, -0.25) is 9.59 Å². The predicted molar refractivity (Wildman–Crippen MR) is 79.2 cm³/mol. The quantitative estimate of drug-likeness (QED) is 0.840. The molecule has 1 aliphatic carbocycles. The molecule has 20 heavy (non-hydrogen) atoms. The lowest BCUT2D eigenvalue weighted by Crippen LogP contribution is -2.57. The van der Waals surface area contributed by atoms with E-state index in [-0.39, 0.29) is 11.8 Å². The maximum absolute atomic E-state index is 12.9. The van der Waals surface area contributed by atoms with Crippen LogP contribution in [0, 0.1) is 11.3 Å². The molecule has 4 nitrogen and oxygen atoms in total. The van der Waals surface area contributed by atoms with E-state index in [4.69, 9.17) is 0 Å². The molecule has 1 heterocycles. The van der Waals surface area contributed by atoms with Crippen molar-refractivity contribution in [1.82, 2.24) is 10.2 Å². The number of hydrogen-bond acceptors (Lipinski definition) is 2. The maximum atomic E-state index is 12.9. The van der Waals surface area contributed by atoms with Crippen molar-refractivity contribution in [3.8, 4) is 0 Å². The molecule has 1 aliphatic heterocycles. The Morgan fingerprint density at radius 3 is 2.25 bits per heavy atom. The molecule has 2 amide bonds. The van der Waals surface area contributed by atoms with Crippen molar-refractivity contribution in [3.05, 3.63) is 0 Å². The normalized spacial score (nSPS) is 24.6. The molecule has 4 heteroatoms. The van der Waals surface area contributed by atoms with Crippen molar-refractivity contribution >= 4 is 11.8 Å². The van der Waals surface area contributed by atoms with Crippen LogP contribution >= 0.6 is 0 Å². The van der Waals surface area contributed by atoms with E-state index in [1.165, 1.54) is 12.8 Å². The minimum absolute atomic E-state index is 0.0129. The minimum Gasteiger partial charge on any atom is -0.342 e. The summed E-state index contributed by atoms with van der Waals surface area (Å²) in [5.74, 6) is 0.735. The Kier molecular flexibility index (Phi) is 4.12. The summed E-state index contributed by atoms with van der Waals surface area (Å²) in [5, 5.41) is 2.98. The van der Waals surface area contributed by atoms with Gasteiger partial charge in [-0.05, 0) is 37.0 Å². The first-order chi connectivity index (χ1) is 9.39. The number of rotatable bonds is 5. The number of nitrogens with zero attached hydrogens (tertiary/aromatic N) is 1. The molecule has 1 saturated heterocycles. The fourth-order valence-electron chi connectivity index (χ4n) is 3.36. The first kappa shape index (κ1) is 15.3. The second kappa shape index (κ2) is 5.38. The van der Waals surface area contributed by atoms with Crippen molar-refractivity contribution < 1.29 is 9.59 Å². The van der Waals surface area contributed by atoms with Gasteiger partial charge in [-0.1, -0.05) is 27.7 Å². The number of hydrogen-bond donors (Lipinski definition) is 1. The highest BCUT2D eigenvalue weighted by Gasteiger charge is 2.50. The highest BCUT2D eigenvalue weighted by molar-refractivity contribution is 5.93. The molecule has 114 valence electrons. The summed E-state index contributed by atoms with van der Waals surface area (Å²) in [7, 11) is 0. The van der Waals surface area contributed by atoms with Gasteiger partial charge >= 0.3 is 0 Å². The van der Waals surface area contributed by atoms with Gasteiger partial charge in [0, 0.05) is 19.5 Å². The van der Waals surface area contributed by atoms with Crippen LogP contribution in [0.3, 0.4) is 0 Å². The van der Waals surface area contributed by atoms with Crippen LogP contribution in [0.25, 0.3) is 0 Å². The summed E-state index contributed by atoms with van der Waals surface area (Å²) < 4.78 is 0. The van der Waals surface area contributed by atoms with Crippen LogP contribution < -0.4 is 5.32 Å². The smallest absolute Gasteiger partial charge is 0.248 e. The fourth-order valence-corrected chi connectivity index (χ4v) is 3.36. The third kappa shape index (κ3) is 2.57. The fraction of sp³-hybridized carbons (Fsp3) is 0.875. The average molecular weight is 280 g/mol. The van der Waals surface area contributed by atoms with Gasteiger partial charge in [0.05, 0.1) is 0 Å². The Bertz CT molecular complexity index is 395. The first-order valence-electron chi connectivity index (χ1n) is 7.99. The van der Waals surface area contributed by atoms with Crippen molar-refractivity contribution in [2.75, 3.05) is 13.1 Å². The Morgan fingerprint density at radius 2 is 1.80 bits per heavy atom. The standard InChI is InChI=1S/C16H28N2O2/c1-5-16(6-2)14(20)18(10-7-13(19)17-16)11-15(8-9-15)12(3)4/h12H,5-11H2,1-4H3,(H,17,19). The molecule has 0 radical (unpaired) electrons. The van der Waals surface area contributed by atoms with Gasteiger partial charge in [-0.2, -0.15) is 0 Å². The summed E-state index contributed by atoms with van der Waals surface area (Å²) in [6, 6.07) is 0. The van der Waals surface area contributed by atoms with Crippen molar-refractivity contribution in [3.63, 3.8) is 0 Å². The molecule has 0 unspecified atom stereocenters. The Labute approximate surface area is 122 Å². The summed E-state index contributed by atoms with van der Waals surface area (Å²) in [6.07, 6.45) is 4.18. The second-order valence-electron chi connectivity index (χ2n) is 6.83. The van der Waals surface area contributed by atoms with E-state index >= 15 is 0 Å². The van der Waals surface area contributed by atoms with E-state index in [9.17, 15) is 9.59 Å². The lowest BCUT2D eigenvalue weighted by molar-refractivity contribution is -0.140. The molecule has 1 N–H and O–H groups in total. The summed E-state index contributed by atoms with van der Waals surface area (Å²) in [6.45, 7) is 9.85. The van der Waals surface area contributed by atoms with Crippen molar-refractivity contribution in [2.24, 2.45) is 11.3 Å². The van der Waals surface area contributed by atoms with Crippen LogP contribution in [-0.4, -0.2) is 35.3 Å². The Hall–Kier alpha value is -1.06. The van der Waals surface area contributed by atoms with E-state index in [2.05, 4.69) is 19.2 Å². The van der Waals surface area contributed by atoms with Crippen LogP contribution in [0.4, 0.5) is 0 Å². The Balaban J connectivity index is 2.20. The lowest BCUT2D eigenvalue weighted by Gasteiger charge is -2.36. The molecule has 2 fully saturated rings. The summed E-state index contributed by atoms with van der Waals surface area (Å²) in [5.41, 5.74) is -0.378. The molecule has 0 aromatic carbocycles. The van der Waals surface area contributed by atoms with Crippen LogP contribution in [0.15, 0.2) is 0 Å². The van der Waals surface area contributed by atoms with Crippen molar-refractivity contribution in [2.45, 2.75) is 65.3 Å². The van der Waals surface area contributed by atoms with E-state index in [0.717, 1.165) is 6.54 Å². The molecule has 0 bridgehead atoms. The van der Waals surface area contributed by atoms with Gasteiger partial charge in [0.1, 0.15) is 5.54 Å². The summed E-state index contributed by atoms with van der Waals surface area (Å²) in [4.78, 5) is 26.8. The van der Waals surface area contributed by atoms with E-state index < -0.39 is 5.54 Å². The lowest BCUT2D eigenvalue weighted by atomic mass is 9.88. The molecular formula is C16H28N2O2. The van der Waals surface area contributed by atoms with Crippen molar-refractivity contribution in [1.29, 1.82) is 0 Å². The van der Waals surface area contributed by atoms with E-state index in [1.807, 2.05) is 18.7 Å². The van der Waals surface area contributed by atoms with Gasteiger partial charge in [-0.25, -0.2) is 0 Å². The van der Waals surface area contributed by atoms with Crippen LogP contribution in [0.5, 0.6) is 0 Å². The monoisotopic (exact) mass is 280 g/mol. The molecule has 0 aromatic rings. The van der Waals surface area contributed by atoms with E-state index in [0.29, 0.717) is 37.1 Å². The van der Waals surface area contributed by atoms with Gasteiger partial charge < -0.3 is 10.2 Å². The highest BCUT2D eigenvalue weighted by Crippen LogP contribution is 2.52. The van der Waals surface area contributed by atoms with Gasteiger partial charge in [0.25, 0.3) is 0 Å². The number of carbonyl (C=O) groups excluding carboxylic acids is 2. The minimum atomic E-state index is -0.680. The third-order valence-electron chi connectivity index (χ3n) is 5.51. The van der Waals surface area contributed by atoms with Gasteiger partial charge in [-0.15, -0.1) is 0 Å². The second-order valence-corrected chi connectivity index (χ2v) is 6.83. The van der Waals surface area contributed by atoms with Gasteiger partial charge in [0.15, 0.2) is 0 Å². The topological polar surface area (TPSA) is 49.4 Å². The largest absolute Gasteiger partial charge is 0.342 e. The molecular weight excluding hydrogens is 252 g/mol. The summed E-state index contributed by atoms with van der Waals surface area (Å²) >= 11 is 0. The molecule has 1 saturated carbocycles. The highest BCUT2D eigenvalue weighted by atomic mass is 16.2. The van der Waals surface area contributed by atoms with Gasteiger partial charge in [0.2, 0.25) is 11.8 Å². The number of amides is 2. The molecule has 0 atom stereocenters. The van der Waals surface area contributed by atoms with Crippen LogP contribution in [0.1, 0.15) is 59.8 Å². The maximum Gasteiger partial charge on any atom is 0.248 e. The molecule has 2 aliphatic rings. The zero-order valence-corrected chi connectivity index (χ0v) is 13.3. The zero-order valence-electron chi connectivity index (χ0n) is 13.3. The SMILES string of the molecule is CCC1(CC)NC(=O)CCN(CC2(C(C)C)CC2)C1=O. The average Bonchev–Trinajstić information content (AvgIpc) is 3.21. The molecule has 0 spiro atoms. The van der Waals surface area contributed by atoms with Crippen LogP contribution in [0.2, 0.25) is 0 Å². The Morgan fingerprint density at radius 1 is 1.20 bits per heavy atom. The number of nitrogens with one attached hydrogen (secondary N) is 1. The molecule has 2 rings (SSSR count). The predicted octanol–water partition coefficient (Wildman–Crippen LogP) is 2.33. The first-order valence-corrected chi connectivity index (χ1v) is 7.99. The zero-order chi connectivity index (χ0) is 15.0. The van der Waals surface area contributed by atoms with Crippen LogP contribution in [-0.2, 0) is 9.59 Å². The molecule has 0 aromatic heterocycles.